The third-order valence-corrected chi connectivity index (χ3v) is 6.40. The number of carboxylic acid groups (broad SMARTS) is 1. The second kappa shape index (κ2) is 7.91. The van der Waals surface area contributed by atoms with Crippen molar-refractivity contribution in [2.75, 3.05) is 6.61 Å². The number of hydrogen-bond acceptors (Lipinski definition) is 3. The molecule has 3 aromatic rings. The first-order valence-electron chi connectivity index (χ1n) is 10.6. The summed E-state index contributed by atoms with van der Waals surface area (Å²) in [5.74, 6) is -1.05. The van der Waals surface area contributed by atoms with Gasteiger partial charge in [0, 0.05) is 5.92 Å². The molecule has 1 fully saturated rings. The molecule has 1 saturated heterocycles. The average Bonchev–Trinajstić information content (AvgIpc) is 3.38. The first-order valence-corrected chi connectivity index (χ1v) is 10.6. The van der Waals surface area contributed by atoms with E-state index in [1.165, 1.54) is 4.90 Å². The maximum Gasteiger partial charge on any atom is 0.411 e. The highest BCUT2D eigenvalue weighted by Crippen LogP contribution is 2.45. The van der Waals surface area contributed by atoms with E-state index in [-0.39, 0.29) is 18.6 Å². The first kappa shape index (κ1) is 19.4. The highest BCUT2D eigenvalue weighted by atomic mass is 16.6. The van der Waals surface area contributed by atoms with Crippen molar-refractivity contribution in [2.24, 2.45) is 0 Å². The molecule has 0 radical (unpaired) electrons. The van der Waals surface area contributed by atoms with Crippen LogP contribution in [0.4, 0.5) is 4.79 Å². The number of rotatable bonds is 4. The van der Waals surface area contributed by atoms with Crippen LogP contribution in [0.25, 0.3) is 11.1 Å². The van der Waals surface area contributed by atoms with E-state index in [0.717, 1.165) is 27.8 Å². The Morgan fingerprint density at radius 3 is 2.03 bits per heavy atom. The van der Waals surface area contributed by atoms with E-state index in [0.29, 0.717) is 12.8 Å². The summed E-state index contributed by atoms with van der Waals surface area (Å²) < 4.78 is 5.78. The lowest BCUT2D eigenvalue weighted by Gasteiger charge is -2.28. The van der Waals surface area contributed by atoms with Gasteiger partial charge in [-0.15, -0.1) is 0 Å². The number of nitrogens with zero attached hydrogens (tertiary/aromatic N) is 1. The zero-order chi connectivity index (χ0) is 21.4. The summed E-state index contributed by atoms with van der Waals surface area (Å²) in [5, 5.41) is 9.69. The van der Waals surface area contributed by atoms with Gasteiger partial charge < -0.3 is 9.84 Å². The normalized spacial score (nSPS) is 19.7. The maximum absolute atomic E-state index is 13.2. The van der Waals surface area contributed by atoms with Crippen molar-refractivity contribution >= 4 is 12.1 Å². The van der Waals surface area contributed by atoms with Gasteiger partial charge in [-0.05, 0) is 40.7 Å². The topological polar surface area (TPSA) is 66.8 Å². The molecule has 5 heteroatoms. The highest BCUT2D eigenvalue weighted by molar-refractivity contribution is 5.82. The molecule has 2 aliphatic rings. The van der Waals surface area contributed by atoms with E-state index in [2.05, 4.69) is 24.3 Å². The summed E-state index contributed by atoms with van der Waals surface area (Å²) in [6.07, 6.45) is 0.449. The summed E-state index contributed by atoms with van der Waals surface area (Å²) >= 11 is 0. The van der Waals surface area contributed by atoms with Crippen molar-refractivity contribution < 1.29 is 19.4 Å². The third kappa shape index (κ3) is 3.36. The molecule has 0 saturated carbocycles. The van der Waals surface area contributed by atoms with Crippen LogP contribution >= 0.6 is 0 Å². The number of carbonyl (C=O) groups is 2. The second-order valence-electron chi connectivity index (χ2n) is 8.07. The Hall–Kier alpha value is -3.60. The average molecular weight is 413 g/mol. The van der Waals surface area contributed by atoms with Crippen LogP contribution in [0, 0.1) is 0 Å². The second-order valence-corrected chi connectivity index (χ2v) is 8.07. The summed E-state index contributed by atoms with van der Waals surface area (Å²) in [5.41, 5.74) is 5.51. The molecule has 2 atom stereocenters. The van der Waals surface area contributed by atoms with E-state index in [1.54, 1.807) is 0 Å². The van der Waals surface area contributed by atoms with Gasteiger partial charge in [-0.2, -0.15) is 0 Å². The molecular weight excluding hydrogens is 390 g/mol. The fourth-order valence-corrected chi connectivity index (χ4v) is 4.98. The van der Waals surface area contributed by atoms with Crippen molar-refractivity contribution in [3.05, 3.63) is 95.6 Å². The van der Waals surface area contributed by atoms with E-state index in [1.807, 2.05) is 54.6 Å². The minimum Gasteiger partial charge on any atom is -0.480 e. The van der Waals surface area contributed by atoms with Crippen LogP contribution in [0.15, 0.2) is 78.9 Å². The number of aliphatic carboxylic acids is 1. The molecule has 31 heavy (non-hydrogen) atoms. The van der Waals surface area contributed by atoms with Crippen LogP contribution in [0.3, 0.4) is 0 Å². The third-order valence-electron chi connectivity index (χ3n) is 6.40. The molecule has 1 amide bonds. The molecule has 5 nitrogen and oxygen atoms in total. The van der Waals surface area contributed by atoms with Gasteiger partial charge in [-0.25, -0.2) is 9.59 Å². The molecule has 5 rings (SSSR count). The van der Waals surface area contributed by atoms with Gasteiger partial charge in [-0.1, -0.05) is 78.9 Å². The van der Waals surface area contributed by atoms with Crippen molar-refractivity contribution in [1.29, 1.82) is 0 Å². The van der Waals surface area contributed by atoms with E-state index in [9.17, 15) is 14.7 Å². The molecule has 1 aliphatic heterocycles. The van der Waals surface area contributed by atoms with E-state index < -0.39 is 18.1 Å². The first-order chi connectivity index (χ1) is 15.1. The summed E-state index contributed by atoms with van der Waals surface area (Å²) in [4.78, 5) is 26.4. The monoisotopic (exact) mass is 413 g/mol. The van der Waals surface area contributed by atoms with Crippen LogP contribution in [-0.2, 0) is 9.53 Å². The Morgan fingerprint density at radius 2 is 1.42 bits per heavy atom. The minimum absolute atomic E-state index is 0.0580. The quantitative estimate of drug-likeness (QED) is 0.636. The lowest BCUT2D eigenvalue weighted by Crippen LogP contribution is -2.42. The fourth-order valence-electron chi connectivity index (χ4n) is 4.98. The molecule has 156 valence electrons. The Bertz CT molecular complexity index is 1080. The number of carbonyl (C=O) groups excluding carboxylic acids is 1. The SMILES string of the molecule is O=C(O)[C@H]1CC[C@@H](c2ccccc2)N1C(=O)OCC1c2ccccc2-c2ccccc21. The van der Waals surface area contributed by atoms with Gasteiger partial charge in [0.25, 0.3) is 0 Å². The largest absolute Gasteiger partial charge is 0.480 e. The molecule has 0 unspecified atom stereocenters. The predicted octanol–water partition coefficient (Wildman–Crippen LogP) is 5.23. The smallest absolute Gasteiger partial charge is 0.411 e. The van der Waals surface area contributed by atoms with E-state index >= 15 is 0 Å². The molecule has 0 bridgehead atoms. The number of carboxylic acids is 1. The van der Waals surface area contributed by atoms with Gasteiger partial charge in [-0.3, -0.25) is 4.90 Å². The number of benzene rings is 3. The molecule has 3 aromatic carbocycles. The van der Waals surface area contributed by atoms with Crippen molar-refractivity contribution in [3.63, 3.8) is 0 Å². The zero-order valence-electron chi connectivity index (χ0n) is 17.0. The summed E-state index contributed by atoms with van der Waals surface area (Å²) in [6.45, 7) is 0.178. The number of amides is 1. The van der Waals surface area contributed by atoms with Gasteiger partial charge in [0.1, 0.15) is 12.6 Å². The molecule has 0 aromatic heterocycles. The van der Waals surface area contributed by atoms with Gasteiger partial charge in [0.05, 0.1) is 6.04 Å². The molecule has 1 aliphatic carbocycles. The Morgan fingerprint density at radius 1 is 0.839 bits per heavy atom. The lowest BCUT2D eigenvalue weighted by atomic mass is 9.98. The van der Waals surface area contributed by atoms with Gasteiger partial charge in [0.2, 0.25) is 0 Å². The van der Waals surface area contributed by atoms with Crippen LogP contribution in [0.2, 0.25) is 0 Å². The van der Waals surface area contributed by atoms with Crippen LogP contribution in [0.1, 0.15) is 41.5 Å². The van der Waals surface area contributed by atoms with Crippen LogP contribution in [0.5, 0.6) is 0 Å². The Labute approximate surface area is 180 Å². The Balaban J connectivity index is 1.40. The predicted molar refractivity (Wildman–Crippen MR) is 117 cm³/mol. The number of likely N-dealkylation sites (tertiary alicyclic amines) is 1. The fraction of sp³-hybridized carbons (Fsp3) is 0.231. The zero-order valence-corrected chi connectivity index (χ0v) is 17.0. The summed E-state index contributed by atoms with van der Waals surface area (Å²) in [7, 11) is 0. The van der Waals surface area contributed by atoms with E-state index in [4.69, 9.17) is 4.74 Å². The minimum atomic E-state index is -0.994. The lowest BCUT2D eigenvalue weighted by molar-refractivity contribution is -0.142. The maximum atomic E-state index is 13.2. The molecule has 1 N–H and O–H groups in total. The van der Waals surface area contributed by atoms with Crippen LogP contribution < -0.4 is 0 Å². The van der Waals surface area contributed by atoms with Crippen molar-refractivity contribution in [1.82, 2.24) is 4.90 Å². The number of hydrogen-bond donors (Lipinski definition) is 1. The number of ether oxygens (including phenoxy) is 1. The van der Waals surface area contributed by atoms with Gasteiger partial charge >= 0.3 is 12.1 Å². The number of fused-ring (bicyclic) bond motifs is 3. The summed E-state index contributed by atoms with van der Waals surface area (Å²) in [6, 6.07) is 24.7. The van der Waals surface area contributed by atoms with Gasteiger partial charge in [0.15, 0.2) is 0 Å². The highest BCUT2D eigenvalue weighted by Gasteiger charge is 2.43. The molecule has 0 spiro atoms. The van der Waals surface area contributed by atoms with Crippen LogP contribution in [-0.4, -0.2) is 34.7 Å². The van der Waals surface area contributed by atoms with Crippen molar-refractivity contribution in [3.8, 4) is 11.1 Å². The molecule has 1 heterocycles. The van der Waals surface area contributed by atoms with Crippen molar-refractivity contribution in [2.45, 2.75) is 30.8 Å². The molecular formula is C26H23NO4. The standard InChI is InChI=1S/C26H23NO4/c28-25(29)24-15-14-23(17-8-2-1-3-9-17)27(24)26(30)31-16-22-20-12-6-4-10-18(20)19-11-5-7-13-21(19)22/h1-13,22-24H,14-16H2,(H,28,29)/t23-,24+/m0/s1. The Kier molecular flexibility index (Phi) is 4.94.